The van der Waals surface area contributed by atoms with Gasteiger partial charge in [-0.05, 0) is 37.1 Å². The molecule has 0 aliphatic carbocycles. The highest BCUT2D eigenvalue weighted by atomic mass is 35.5. The Morgan fingerprint density at radius 1 is 1.53 bits per heavy atom. The normalized spacial score (nSPS) is 10.1. The van der Waals surface area contributed by atoms with Crippen molar-refractivity contribution in [2.45, 2.75) is 13.3 Å². The Morgan fingerprint density at radius 3 is 2.87 bits per heavy atom. The Kier molecular flexibility index (Phi) is 4.66. The standard InChI is InChI=1S/C12H16ClNO/c1-9(2)8-15-11-5-3-4-10(6-7-14)12(11)13/h3-5H,1,6-8,14H2,2H3. The van der Waals surface area contributed by atoms with Crippen molar-refractivity contribution in [3.8, 4) is 5.75 Å². The highest BCUT2D eigenvalue weighted by Crippen LogP contribution is 2.28. The quantitative estimate of drug-likeness (QED) is 0.783. The zero-order chi connectivity index (χ0) is 11.3. The SMILES string of the molecule is C=C(C)COc1cccc(CCN)c1Cl. The van der Waals surface area contributed by atoms with Crippen molar-refractivity contribution in [1.82, 2.24) is 0 Å². The molecule has 0 atom stereocenters. The van der Waals surface area contributed by atoms with Crippen molar-refractivity contribution >= 4 is 11.6 Å². The molecule has 0 unspecified atom stereocenters. The molecule has 82 valence electrons. The average Bonchev–Trinajstić information content (AvgIpc) is 2.19. The highest BCUT2D eigenvalue weighted by Gasteiger charge is 2.06. The molecule has 1 rings (SSSR count). The van der Waals surface area contributed by atoms with Gasteiger partial charge in [0.05, 0.1) is 5.02 Å². The van der Waals surface area contributed by atoms with Crippen molar-refractivity contribution in [3.63, 3.8) is 0 Å². The lowest BCUT2D eigenvalue weighted by Gasteiger charge is -2.10. The summed E-state index contributed by atoms with van der Waals surface area (Å²) in [7, 11) is 0. The molecular weight excluding hydrogens is 210 g/mol. The number of benzene rings is 1. The Bertz CT molecular complexity index is 349. The van der Waals surface area contributed by atoms with Crippen molar-refractivity contribution in [2.75, 3.05) is 13.2 Å². The van der Waals surface area contributed by atoms with E-state index in [0.717, 1.165) is 17.6 Å². The molecule has 0 saturated heterocycles. The fourth-order valence-electron chi connectivity index (χ4n) is 1.22. The van der Waals surface area contributed by atoms with Crippen LogP contribution in [0, 0.1) is 0 Å². The molecule has 1 aromatic rings. The first-order valence-electron chi connectivity index (χ1n) is 4.89. The Balaban J connectivity index is 2.79. The van der Waals surface area contributed by atoms with E-state index in [0.29, 0.717) is 23.9 Å². The molecule has 1 aromatic carbocycles. The number of hydrogen-bond donors (Lipinski definition) is 1. The first-order chi connectivity index (χ1) is 7.15. The molecule has 0 amide bonds. The molecule has 0 heterocycles. The topological polar surface area (TPSA) is 35.2 Å². The summed E-state index contributed by atoms with van der Waals surface area (Å²) in [6.45, 7) is 6.76. The predicted octanol–water partition coefficient (Wildman–Crippen LogP) is 2.80. The van der Waals surface area contributed by atoms with Crippen molar-refractivity contribution in [3.05, 3.63) is 40.9 Å². The van der Waals surface area contributed by atoms with Crippen LogP contribution in [0.25, 0.3) is 0 Å². The largest absolute Gasteiger partial charge is 0.488 e. The molecular formula is C12H16ClNO. The number of rotatable bonds is 5. The minimum absolute atomic E-state index is 0.492. The average molecular weight is 226 g/mol. The number of hydrogen-bond acceptors (Lipinski definition) is 2. The van der Waals surface area contributed by atoms with Crippen LogP contribution in [0.4, 0.5) is 0 Å². The number of halogens is 1. The minimum Gasteiger partial charge on any atom is -0.488 e. The van der Waals surface area contributed by atoms with Crippen LogP contribution < -0.4 is 10.5 Å². The van der Waals surface area contributed by atoms with Crippen molar-refractivity contribution in [1.29, 1.82) is 0 Å². The predicted molar refractivity (Wildman–Crippen MR) is 64.5 cm³/mol. The second kappa shape index (κ2) is 5.79. The van der Waals surface area contributed by atoms with E-state index in [1.165, 1.54) is 0 Å². The van der Waals surface area contributed by atoms with E-state index in [4.69, 9.17) is 22.1 Å². The molecule has 0 fully saturated rings. The first-order valence-corrected chi connectivity index (χ1v) is 5.27. The van der Waals surface area contributed by atoms with Crippen LogP contribution in [-0.2, 0) is 6.42 Å². The van der Waals surface area contributed by atoms with Gasteiger partial charge in [0, 0.05) is 0 Å². The summed E-state index contributed by atoms with van der Waals surface area (Å²) in [6, 6.07) is 5.73. The molecule has 3 heteroatoms. The van der Waals surface area contributed by atoms with E-state index >= 15 is 0 Å². The molecule has 0 saturated carbocycles. The third-order valence-electron chi connectivity index (χ3n) is 1.93. The van der Waals surface area contributed by atoms with Gasteiger partial charge in [-0.1, -0.05) is 30.3 Å². The van der Waals surface area contributed by atoms with Crippen LogP contribution >= 0.6 is 11.6 Å². The smallest absolute Gasteiger partial charge is 0.138 e. The molecule has 0 spiro atoms. The van der Waals surface area contributed by atoms with E-state index in [9.17, 15) is 0 Å². The Morgan fingerprint density at radius 2 is 2.27 bits per heavy atom. The van der Waals surface area contributed by atoms with Crippen LogP contribution in [0.3, 0.4) is 0 Å². The Hall–Kier alpha value is -0.990. The molecule has 2 nitrogen and oxygen atoms in total. The maximum Gasteiger partial charge on any atom is 0.138 e. The van der Waals surface area contributed by atoms with Crippen LogP contribution in [0.5, 0.6) is 5.75 Å². The monoisotopic (exact) mass is 225 g/mol. The lowest BCUT2D eigenvalue weighted by atomic mass is 10.1. The molecule has 0 aliphatic rings. The lowest BCUT2D eigenvalue weighted by Crippen LogP contribution is -2.04. The van der Waals surface area contributed by atoms with Gasteiger partial charge in [0.1, 0.15) is 12.4 Å². The highest BCUT2D eigenvalue weighted by molar-refractivity contribution is 6.32. The van der Waals surface area contributed by atoms with Crippen molar-refractivity contribution in [2.24, 2.45) is 5.73 Å². The third kappa shape index (κ3) is 3.57. The summed E-state index contributed by atoms with van der Waals surface area (Å²) < 4.78 is 5.51. The fourth-order valence-corrected chi connectivity index (χ4v) is 1.49. The second-order valence-corrected chi connectivity index (χ2v) is 3.89. The van der Waals surface area contributed by atoms with Crippen LogP contribution in [0.1, 0.15) is 12.5 Å². The molecule has 0 bridgehead atoms. The van der Waals surface area contributed by atoms with E-state index in [1.54, 1.807) is 0 Å². The van der Waals surface area contributed by atoms with E-state index < -0.39 is 0 Å². The number of nitrogens with two attached hydrogens (primary N) is 1. The van der Waals surface area contributed by atoms with Gasteiger partial charge in [-0.15, -0.1) is 0 Å². The van der Waals surface area contributed by atoms with Gasteiger partial charge >= 0.3 is 0 Å². The van der Waals surface area contributed by atoms with Gasteiger partial charge in [-0.3, -0.25) is 0 Å². The molecule has 2 N–H and O–H groups in total. The van der Waals surface area contributed by atoms with Crippen LogP contribution in [0.15, 0.2) is 30.4 Å². The molecule has 0 aromatic heterocycles. The van der Waals surface area contributed by atoms with Crippen molar-refractivity contribution < 1.29 is 4.74 Å². The zero-order valence-corrected chi connectivity index (χ0v) is 9.68. The Labute approximate surface area is 95.7 Å². The zero-order valence-electron chi connectivity index (χ0n) is 8.92. The van der Waals surface area contributed by atoms with Gasteiger partial charge < -0.3 is 10.5 Å². The lowest BCUT2D eigenvalue weighted by molar-refractivity contribution is 0.352. The molecule has 0 aliphatic heterocycles. The maximum atomic E-state index is 6.16. The summed E-state index contributed by atoms with van der Waals surface area (Å²) in [5, 5.41) is 0.657. The van der Waals surface area contributed by atoms with Crippen LogP contribution in [0.2, 0.25) is 5.02 Å². The van der Waals surface area contributed by atoms with Gasteiger partial charge in [0.25, 0.3) is 0 Å². The summed E-state index contributed by atoms with van der Waals surface area (Å²) in [5.41, 5.74) is 7.48. The molecule has 0 radical (unpaired) electrons. The fraction of sp³-hybridized carbons (Fsp3) is 0.333. The summed E-state index contributed by atoms with van der Waals surface area (Å²) in [6.07, 6.45) is 0.767. The van der Waals surface area contributed by atoms with Gasteiger partial charge in [0.15, 0.2) is 0 Å². The number of ether oxygens (including phenoxy) is 1. The van der Waals surface area contributed by atoms with Crippen LogP contribution in [-0.4, -0.2) is 13.2 Å². The van der Waals surface area contributed by atoms with E-state index in [-0.39, 0.29) is 0 Å². The van der Waals surface area contributed by atoms with E-state index in [1.807, 2.05) is 25.1 Å². The first kappa shape index (κ1) is 12.1. The van der Waals surface area contributed by atoms with Gasteiger partial charge in [-0.2, -0.15) is 0 Å². The van der Waals surface area contributed by atoms with Gasteiger partial charge in [-0.25, -0.2) is 0 Å². The second-order valence-electron chi connectivity index (χ2n) is 3.51. The molecule has 15 heavy (non-hydrogen) atoms. The summed E-state index contributed by atoms with van der Waals surface area (Å²) in [5.74, 6) is 0.700. The minimum atomic E-state index is 0.492. The third-order valence-corrected chi connectivity index (χ3v) is 2.36. The summed E-state index contributed by atoms with van der Waals surface area (Å²) >= 11 is 6.16. The van der Waals surface area contributed by atoms with E-state index in [2.05, 4.69) is 6.58 Å². The maximum absolute atomic E-state index is 6.16. The summed E-state index contributed by atoms with van der Waals surface area (Å²) in [4.78, 5) is 0. The van der Waals surface area contributed by atoms with Gasteiger partial charge in [0.2, 0.25) is 0 Å².